The second-order valence-corrected chi connectivity index (χ2v) is 12.5. The third kappa shape index (κ3) is 5.69. The molecule has 0 radical (unpaired) electrons. The van der Waals surface area contributed by atoms with Gasteiger partial charge in [-0.2, -0.15) is 0 Å². The molecule has 0 N–H and O–H groups in total. The number of methoxy groups -OCH3 is 2. The summed E-state index contributed by atoms with van der Waals surface area (Å²) in [4.78, 5) is 29.2. The fourth-order valence-corrected chi connectivity index (χ4v) is 6.58. The third-order valence-electron chi connectivity index (χ3n) is 8.66. The molecule has 1 amide bonds. The van der Waals surface area contributed by atoms with Crippen molar-refractivity contribution in [2.45, 2.75) is 71.1 Å². The third-order valence-corrected chi connectivity index (χ3v) is 8.66. The maximum Gasteiger partial charge on any atom is 0.414 e. The highest BCUT2D eigenvalue weighted by Crippen LogP contribution is 2.48. The van der Waals surface area contributed by atoms with Crippen molar-refractivity contribution in [1.82, 2.24) is 9.80 Å². The SMILES string of the molecule is COC(=O)c1ccc([C@@H]2C[C@H](C3CC3)CCN2CC2=C(OC)C=C(C)C3C2C=CN3C(=O)OC(C)(C)C)cc1F. The number of amides is 1. The predicted molar refractivity (Wildman–Crippen MR) is 150 cm³/mol. The Labute approximate surface area is 236 Å². The van der Waals surface area contributed by atoms with Crippen molar-refractivity contribution in [2.24, 2.45) is 17.8 Å². The number of piperidine rings is 1. The number of allylic oxidation sites excluding steroid dienone is 1. The first-order chi connectivity index (χ1) is 19.0. The van der Waals surface area contributed by atoms with E-state index in [0.717, 1.165) is 47.8 Å². The Bertz CT molecular complexity index is 1260. The van der Waals surface area contributed by atoms with Crippen LogP contribution in [0.1, 0.15) is 75.3 Å². The lowest BCUT2D eigenvalue weighted by Crippen LogP contribution is -2.45. The van der Waals surface area contributed by atoms with Crippen molar-refractivity contribution < 1.29 is 28.2 Å². The molecular formula is C32H41FN2O5. The molecule has 2 fully saturated rings. The van der Waals surface area contributed by atoms with Gasteiger partial charge in [0.05, 0.1) is 25.8 Å². The Morgan fingerprint density at radius 1 is 1.10 bits per heavy atom. The zero-order valence-electron chi connectivity index (χ0n) is 24.4. The molecule has 1 saturated heterocycles. The summed E-state index contributed by atoms with van der Waals surface area (Å²) in [5.41, 5.74) is 2.36. The lowest BCUT2D eigenvalue weighted by atomic mass is 9.80. The summed E-state index contributed by atoms with van der Waals surface area (Å²) < 4.78 is 31.4. The van der Waals surface area contributed by atoms with Crippen molar-refractivity contribution >= 4 is 12.1 Å². The normalized spacial score (nSPS) is 26.9. The quantitative estimate of drug-likeness (QED) is 0.381. The molecule has 40 heavy (non-hydrogen) atoms. The lowest BCUT2D eigenvalue weighted by molar-refractivity contribution is 0.0288. The van der Waals surface area contributed by atoms with Gasteiger partial charge in [0.2, 0.25) is 0 Å². The van der Waals surface area contributed by atoms with Crippen LogP contribution < -0.4 is 0 Å². The number of ether oxygens (including phenoxy) is 3. The topological polar surface area (TPSA) is 68.3 Å². The molecule has 2 aliphatic heterocycles. The van der Waals surface area contributed by atoms with Crippen LogP contribution in [0.5, 0.6) is 0 Å². The van der Waals surface area contributed by atoms with E-state index in [-0.39, 0.29) is 29.7 Å². The average molecular weight is 553 g/mol. The Morgan fingerprint density at radius 3 is 2.48 bits per heavy atom. The van der Waals surface area contributed by atoms with Gasteiger partial charge in [0.1, 0.15) is 17.2 Å². The summed E-state index contributed by atoms with van der Waals surface area (Å²) in [6.07, 6.45) is 10.1. The molecule has 1 saturated carbocycles. The van der Waals surface area contributed by atoms with Gasteiger partial charge >= 0.3 is 12.1 Å². The van der Waals surface area contributed by atoms with Crippen LogP contribution in [0.25, 0.3) is 0 Å². The van der Waals surface area contributed by atoms with Gasteiger partial charge < -0.3 is 14.2 Å². The van der Waals surface area contributed by atoms with Gasteiger partial charge in [-0.1, -0.05) is 12.1 Å². The molecule has 0 aromatic heterocycles. The Morgan fingerprint density at radius 2 is 1.85 bits per heavy atom. The summed E-state index contributed by atoms with van der Waals surface area (Å²) in [5.74, 6) is 0.890. The number of likely N-dealkylation sites (tertiary alicyclic amines) is 1. The molecule has 2 aliphatic carbocycles. The number of rotatable bonds is 6. The molecule has 1 aromatic carbocycles. The molecule has 4 atom stereocenters. The van der Waals surface area contributed by atoms with Crippen LogP contribution in [0.3, 0.4) is 0 Å². The monoisotopic (exact) mass is 552 g/mol. The van der Waals surface area contributed by atoms with Crippen molar-refractivity contribution in [2.75, 3.05) is 27.3 Å². The summed E-state index contributed by atoms with van der Waals surface area (Å²) >= 11 is 0. The van der Waals surface area contributed by atoms with E-state index in [4.69, 9.17) is 14.2 Å². The van der Waals surface area contributed by atoms with E-state index in [1.807, 2.05) is 46.0 Å². The highest BCUT2D eigenvalue weighted by Gasteiger charge is 2.44. The number of fused-ring (bicyclic) bond motifs is 1. The maximum atomic E-state index is 15.1. The van der Waals surface area contributed by atoms with Crippen LogP contribution in [-0.4, -0.2) is 60.8 Å². The first-order valence-electron chi connectivity index (χ1n) is 14.3. The fraction of sp³-hybridized carbons (Fsp3) is 0.562. The summed E-state index contributed by atoms with van der Waals surface area (Å²) in [6.45, 7) is 9.13. The molecule has 216 valence electrons. The van der Waals surface area contributed by atoms with Crippen LogP contribution in [-0.2, 0) is 14.2 Å². The van der Waals surface area contributed by atoms with Crippen LogP contribution >= 0.6 is 0 Å². The minimum absolute atomic E-state index is 0.00366. The zero-order chi connectivity index (χ0) is 28.8. The van der Waals surface area contributed by atoms with Gasteiger partial charge in [0.15, 0.2) is 0 Å². The molecule has 1 aromatic rings. The van der Waals surface area contributed by atoms with Crippen LogP contribution in [0, 0.1) is 23.6 Å². The minimum Gasteiger partial charge on any atom is -0.497 e. The second-order valence-electron chi connectivity index (χ2n) is 12.5. The minimum atomic E-state index is -0.673. The largest absolute Gasteiger partial charge is 0.497 e. The van der Waals surface area contributed by atoms with Gasteiger partial charge in [-0.3, -0.25) is 9.80 Å². The summed E-state index contributed by atoms with van der Waals surface area (Å²) in [6, 6.07) is 4.72. The van der Waals surface area contributed by atoms with Crippen molar-refractivity contribution in [1.29, 1.82) is 0 Å². The first kappa shape index (κ1) is 28.4. The van der Waals surface area contributed by atoms with E-state index in [1.54, 1.807) is 12.0 Å². The molecule has 0 spiro atoms. The number of hydrogen-bond acceptors (Lipinski definition) is 6. The van der Waals surface area contributed by atoms with E-state index < -0.39 is 17.4 Å². The number of carbonyl (C=O) groups excluding carboxylic acids is 2. The van der Waals surface area contributed by atoms with Crippen LogP contribution in [0.4, 0.5) is 9.18 Å². The van der Waals surface area contributed by atoms with Gasteiger partial charge in [0, 0.05) is 24.7 Å². The number of nitrogens with zero attached hydrogens (tertiary/aromatic N) is 2. The van der Waals surface area contributed by atoms with Crippen molar-refractivity contribution in [3.8, 4) is 0 Å². The number of halogens is 1. The standard InChI is InChI=1S/C32H41FN2O5/c1-19-15-28(38-5)25(23-12-14-35(29(19)23)31(37)40-32(2,3)4)18-34-13-11-21(20-7-8-20)17-27(34)22-9-10-24(26(33)16-22)30(36)39-6/h9-10,12,14-16,20-21,23,27,29H,7-8,11,13,17-18H2,1-6H3/t21-,23?,27+,29?/m1/s1. The highest BCUT2D eigenvalue weighted by atomic mass is 19.1. The van der Waals surface area contributed by atoms with Gasteiger partial charge in [-0.15, -0.1) is 0 Å². The Balaban J connectivity index is 1.43. The van der Waals surface area contributed by atoms with Crippen LogP contribution in [0.2, 0.25) is 0 Å². The molecule has 8 heteroatoms. The number of hydrogen-bond donors (Lipinski definition) is 0. The first-order valence-corrected chi connectivity index (χ1v) is 14.3. The highest BCUT2D eigenvalue weighted by molar-refractivity contribution is 5.89. The molecule has 2 heterocycles. The number of carbonyl (C=O) groups is 2. The summed E-state index contributed by atoms with van der Waals surface area (Å²) in [7, 11) is 2.94. The van der Waals surface area contributed by atoms with Gasteiger partial charge in [-0.25, -0.2) is 14.0 Å². The number of esters is 1. The predicted octanol–water partition coefficient (Wildman–Crippen LogP) is 6.39. The number of benzene rings is 1. The van der Waals surface area contributed by atoms with Gasteiger partial charge in [0.25, 0.3) is 0 Å². The second kappa shape index (κ2) is 11.0. The van der Waals surface area contributed by atoms with E-state index in [1.165, 1.54) is 32.1 Å². The zero-order valence-corrected chi connectivity index (χ0v) is 24.4. The maximum absolute atomic E-state index is 15.1. The smallest absolute Gasteiger partial charge is 0.414 e. The van der Waals surface area contributed by atoms with Crippen molar-refractivity contribution in [3.63, 3.8) is 0 Å². The summed E-state index contributed by atoms with van der Waals surface area (Å²) in [5, 5.41) is 0. The van der Waals surface area contributed by atoms with E-state index in [9.17, 15) is 9.59 Å². The van der Waals surface area contributed by atoms with E-state index >= 15 is 4.39 Å². The molecule has 0 bridgehead atoms. The Kier molecular flexibility index (Phi) is 7.83. The molecule has 7 nitrogen and oxygen atoms in total. The van der Waals surface area contributed by atoms with Gasteiger partial charge in [-0.05, 0) is 107 Å². The van der Waals surface area contributed by atoms with E-state index in [2.05, 4.69) is 11.0 Å². The molecule has 5 rings (SSSR count). The fourth-order valence-electron chi connectivity index (χ4n) is 6.58. The van der Waals surface area contributed by atoms with E-state index in [0.29, 0.717) is 12.5 Å². The molecule has 2 unspecified atom stereocenters. The molecular weight excluding hydrogens is 511 g/mol. The van der Waals surface area contributed by atoms with Crippen LogP contribution in [0.15, 0.2) is 53.5 Å². The molecule has 4 aliphatic rings. The lowest BCUT2D eigenvalue weighted by Gasteiger charge is -2.42. The van der Waals surface area contributed by atoms with Crippen molar-refractivity contribution in [3.05, 3.63) is 70.4 Å². The Hall–Kier alpha value is -3.13. The average Bonchev–Trinajstić information content (AvgIpc) is 3.66.